The average Bonchev–Trinajstić information content (AvgIpc) is 3.44. The summed E-state index contributed by atoms with van der Waals surface area (Å²) in [5.74, 6) is 1.71. The molecule has 0 N–H and O–H groups in total. The number of likely N-dealkylation sites (tertiary alicyclic amines) is 1. The van der Waals surface area contributed by atoms with E-state index in [0.29, 0.717) is 12.2 Å². The molecule has 170 valence electrons. The lowest BCUT2D eigenvalue weighted by molar-refractivity contribution is -0.135. The van der Waals surface area contributed by atoms with Crippen LogP contribution in [0.25, 0.3) is 11.3 Å². The molecule has 0 aromatic carbocycles. The number of carbonyl (C=O) groups is 1. The molecule has 1 atom stereocenters. The molecule has 1 aliphatic heterocycles. The quantitative estimate of drug-likeness (QED) is 0.519. The number of amides is 1. The highest BCUT2D eigenvalue weighted by Crippen LogP contribution is 2.37. The fourth-order valence-corrected chi connectivity index (χ4v) is 4.36. The van der Waals surface area contributed by atoms with Gasteiger partial charge in [-0.3, -0.25) is 4.79 Å². The van der Waals surface area contributed by atoms with Crippen molar-refractivity contribution in [1.82, 2.24) is 29.6 Å². The molecular formula is C24H32N6O2. The lowest BCUT2D eigenvalue weighted by Gasteiger charge is -2.36. The Morgan fingerprint density at radius 2 is 2.16 bits per heavy atom. The summed E-state index contributed by atoms with van der Waals surface area (Å²) >= 11 is 0. The normalized spacial score (nSPS) is 16.5. The highest BCUT2D eigenvalue weighted by Gasteiger charge is 2.32. The van der Waals surface area contributed by atoms with Crippen molar-refractivity contribution in [3.8, 4) is 11.3 Å². The number of carbonyl (C=O) groups excluding carboxylic acids is 1. The van der Waals surface area contributed by atoms with Crippen LogP contribution in [-0.2, 0) is 17.8 Å². The number of aryl methyl sites for hydroxylation is 3. The Labute approximate surface area is 189 Å². The van der Waals surface area contributed by atoms with Gasteiger partial charge in [-0.15, -0.1) is 0 Å². The van der Waals surface area contributed by atoms with Crippen molar-refractivity contribution in [2.75, 3.05) is 6.54 Å². The third-order valence-electron chi connectivity index (χ3n) is 6.25. The topological polar surface area (TPSA) is 89.9 Å². The van der Waals surface area contributed by atoms with E-state index < -0.39 is 0 Å². The SMILES string of the molecule is CCCc1ncc(-c2onc(C)c2C)c([C@@H]2CCCCN2C(=O)CCCn2ccnc2)n1. The van der Waals surface area contributed by atoms with Crippen molar-refractivity contribution in [2.45, 2.75) is 78.3 Å². The van der Waals surface area contributed by atoms with Gasteiger partial charge in [0.25, 0.3) is 0 Å². The molecule has 4 rings (SSSR count). The minimum atomic E-state index is -0.0668. The number of rotatable bonds is 8. The molecule has 1 amide bonds. The Morgan fingerprint density at radius 3 is 2.88 bits per heavy atom. The molecule has 3 aromatic rings. The van der Waals surface area contributed by atoms with Gasteiger partial charge in [0.2, 0.25) is 5.91 Å². The summed E-state index contributed by atoms with van der Waals surface area (Å²) in [7, 11) is 0. The summed E-state index contributed by atoms with van der Waals surface area (Å²) in [5, 5.41) is 4.14. The largest absolute Gasteiger partial charge is 0.356 e. The molecule has 0 aliphatic carbocycles. The smallest absolute Gasteiger partial charge is 0.223 e. The first-order valence-corrected chi connectivity index (χ1v) is 11.6. The van der Waals surface area contributed by atoms with Crippen LogP contribution in [0, 0.1) is 13.8 Å². The standard InChI is InChI=1S/C24H32N6O2/c1-4-8-21-26-15-19(24-17(2)18(3)28-32-24)23(27-21)20-9-5-6-13-30(20)22(31)10-7-12-29-14-11-25-16-29/h11,14-16,20H,4-10,12-13H2,1-3H3/t20-/m0/s1. The van der Waals surface area contributed by atoms with E-state index in [0.717, 1.165) is 80.0 Å². The third-order valence-corrected chi connectivity index (χ3v) is 6.25. The third kappa shape index (κ3) is 4.74. The van der Waals surface area contributed by atoms with Crippen LogP contribution >= 0.6 is 0 Å². The van der Waals surface area contributed by atoms with E-state index in [4.69, 9.17) is 9.51 Å². The Bertz CT molecular complexity index is 1040. The van der Waals surface area contributed by atoms with E-state index in [2.05, 4.69) is 22.0 Å². The first-order valence-electron chi connectivity index (χ1n) is 11.6. The molecule has 32 heavy (non-hydrogen) atoms. The van der Waals surface area contributed by atoms with Gasteiger partial charge in [0.1, 0.15) is 5.82 Å². The molecule has 1 fully saturated rings. The zero-order valence-electron chi connectivity index (χ0n) is 19.3. The molecule has 8 heteroatoms. The Kier molecular flexibility index (Phi) is 6.97. The first kappa shape index (κ1) is 22.2. The molecule has 1 aliphatic rings. The summed E-state index contributed by atoms with van der Waals surface area (Å²) in [6, 6.07) is -0.0668. The van der Waals surface area contributed by atoms with Crippen LogP contribution in [0.4, 0.5) is 0 Å². The Morgan fingerprint density at radius 1 is 1.28 bits per heavy atom. The number of piperidine rings is 1. The van der Waals surface area contributed by atoms with Gasteiger partial charge in [0.15, 0.2) is 5.76 Å². The van der Waals surface area contributed by atoms with Crippen LogP contribution in [0.5, 0.6) is 0 Å². The van der Waals surface area contributed by atoms with Gasteiger partial charge in [-0.2, -0.15) is 0 Å². The summed E-state index contributed by atoms with van der Waals surface area (Å²) in [6.07, 6.45) is 13.4. The van der Waals surface area contributed by atoms with Crippen molar-refractivity contribution in [2.24, 2.45) is 0 Å². The maximum atomic E-state index is 13.3. The molecule has 3 aromatic heterocycles. The molecule has 8 nitrogen and oxygen atoms in total. The second-order valence-electron chi connectivity index (χ2n) is 8.56. The average molecular weight is 437 g/mol. The zero-order valence-corrected chi connectivity index (χ0v) is 19.3. The van der Waals surface area contributed by atoms with E-state index in [9.17, 15) is 4.79 Å². The minimum Gasteiger partial charge on any atom is -0.356 e. The molecule has 0 spiro atoms. The van der Waals surface area contributed by atoms with Crippen molar-refractivity contribution < 1.29 is 9.32 Å². The summed E-state index contributed by atoms with van der Waals surface area (Å²) in [5.41, 5.74) is 3.60. The maximum Gasteiger partial charge on any atom is 0.223 e. The molecule has 0 radical (unpaired) electrons. The van der Waals surface area contributed by atoms with Gasteiger partial charge >= 0.3 is 0 Å². The summed E-state index contributed by atoms with van der Waals surface area (Å²) < 4.78 is 7.68. The van der Waals surface area contributed by atoms with Crippen LogP contribution < -0.4 is 0 Å². The van der Waals surface area contributed by atoms with Crippen molar-refractivity contribution in [1.29, 1.82) is 0 Å². The maximum absolute atomic E-state index is 13.3. The number of hydrogen-bond donors (Lipinski definition) is 0. The van der Waals surface area contributed by atoms with E-state index in [1.807, 2.05) is 35.7 Å². The summed E-state index contributed by atoms with van der Waals surface area (Å²) in [4.78, 5) is 28.9. The predicted octanol–water partition coefficient (Wildman–Crippen LogP) is 4.43. The fraction of sp³-hybridized carbons (Fsp3) is 0.542. The van der Waals surface area contributed by atoms with Crippen molar-refractivity contribution >= 4 is 5.91 Å². The van der Waals surface area contributed by atoms with Crippen LogP contribution in [-0.4, -0.2) is 42.0 Å². The van der Waals surface area contributed by atoms with Crippen LogP contribution in [0.1, 0.15) is 74.3 Å². The highest BCUT2D eigenvalue weighted by atomic mass is 16.5. The second kappa shape index (κ2) is 10.1. The van der Waals surface area contributed by atoms with E-state index >= 15 is 0 Å². The van der Waals surface area contributed by atoms with Crippen LogP contribution in [0.2, 0.25) is 0 Å². The first-order chi connectivity index (χ1) is 15.6. The van der Waals surface area contributed by atoms with Crippen LogP contribution in [0.15, 0.2) is 29.4 Å². The predicted molar refractivity (Wildman–Crippen MR) is 121 cm³/mol. The molecule has 0 unspecified atom stereocenters. The lowest BCUT2D eigenvalue weighted by Crippen LogP contribution is -2.39. The van der Waals surface area contributed by atoms with Gasteiger partial charge in [-0.1, -0.05) is 12.1 Å². The van der Waals surface area contributed by atoms with Gasteiger partial charge in [-0.05, 0) is 46.0 Å². The highest BCUT2D eigenvalue weighted by molar-refractivity contribution is 5.77. The molecule has 1 saturated heterocycles. The van der Waals surface area contributed by atoms with E-state index in [-0.39, 0.29) is 11.9 Å². The van der Waals surface area contributed by atoms with Crippen LogP contribution in [0.3, 0.4) is 0 Å². The number of nitrogens with zero attached hydrogens (tertiary/aromatic N) is 6. The number of imidazole rings is 1. The molecule has 0 saturated carbocycles. The molecule has 0 bridgehead atoms. The van der Waals surface area contributed by atoms with Crippen molar-refractivity contribution in [3.05, 3.63) is 47.7 Å². The van der Waals surface area contributed by atoms with E-state index in [1.165, 1.54) is 0 Å². The number of aromatic nitrogens is 5. The second-order valence-corrected chi connectivity index (χ2v) is 8.56. The monoisotopic (exact) mass is 436 g/mol. The fourth-order valence-electron chi connectivity index (χ4n) is 4.36. The van der Waals surface area contributed by atoms with Crippen molar-refractivity contribution in [3.63, 3.8) is 0 Å². The minimum absolute atomic E-state index is 0.0668. The summed E-state index contributed by atoms with van der Waals surface area (Å²) in [6.45, 7) is 7.61. The molecule has 4 heterocycles. The zero-order chi connectivity index (χ0) is 22.5. The van der Waals surface area contributed by atoms with Gasteiger partial charge in [0, 0.05) is 50.1 Å². The molecular weight excluding hydrogens is 404 g/mol. The Balaban J connectivity index is 1.61. The van der Waals surface area contributed by atoms with E-state index in [1.54, 1.807) is 12.5 Å². The Hall–Kier alpha value is -3.03. The van der Waals surface area contributed by atoms with Gasteiger partial charge in [-0.25, -0.2) is 15.0 Å². The lowest BCUT2D eigenvalue weighted by atomic mass is 9.94. The van der Waals surface area contributed by atoms with Gasteiger partial charge in [0.05, 0.1) is 29.3 Å². The number of hydrogen-bond acceptors (Lipinski definition) is 6. The van der Waals surface area contributed by atoms with Gasteiger partial charge < -0.3 is 14.0 Å².